The molecule has 2 aliphatic heterocycles. The third-order valence-corrected chi connectivity index (χ3v) is 9.50. The summed E-state index contributed by atoms with van der Waals surface area (Å²) in [6.07, 6.45) is -2.86. The monoisotopic (exact) mass is 724 g/mol. The van der Waals surface area contributed by atoms with Crippen molar-refractivity contribution in [3.8, 4) is 0 Å². The fourth-order valence-electron chi connectivity index (χ4n) is 6.82. The molecule has 15 nitrogen and oxygen atoms in total. The van der Waals surface area contributed by atoms with E-state index in [2.05, 4.69) is 10.6 Å². The fraction of sp³-hybridized carbons (Fsp3) is 0.486. The van der Waals surface area contributed by atoms with E-state index >= 15 is 0 Å². The molecule has 2 aliphatic carbocycles. The number of benzene rings is 2. The molecule has 2 saturated heterocycles. The molecule has 8 atom stereocenters. The van der Waals surface area contributed by atoms with Crippen LogP contribution < -0.4 is 10.6 Å². The maximum atomic E-state index is 13.4. The van der Waals surface area contributed by atoms with E-state index in [0.717, 1.165) is 11.1 Å². The number of fused-ring (bicyclic) bond motifs is 2. The SMILES string of the molecule is O=C(CCNC(=O)C1=CC2OC3(Cc4ccccc4C3)OC2C(OC(=O)c2ccc(C=CCOC3OC(CO)C(O)C(O)C3O)cc2)C1)NCCO. The Balaban J connectivity index is 1.08. The Labute approximate surface area is 299 Å². The third-order valence-electron chi connectivity index (χ3n) is 9.50. The highest BCUT2D eigenvalue weighted by Crippen LogP contribution is 2.45. The number of aliphatic hydroxyl groups excluding tert-OH is 5. The Kier molecular flexibility index (Phi) is 12.2. The van der Waals surface area contributed by atoms with Crippen LogP contribution in [-0.2, 0) is 46.1 Å². The quantitative estimate of drug-likeness (QED) is 0.127. The number of ether oxygens (including phenoxy) is 5. The first-order valence-corrected chi connectivity index (χ1v) is 17.3. The molecule has 8 unspecified atom stereocenters. The van der Waals surface area contributed by atoms with Crippen LogP contribution in [0.25, 0.3) is 6.08 Å². The van der Waals surface area contributed by atoms with Crippen molar-refractivity contribution < 1.29 is 63.6 Å². The summed E-state index contributed by atoms with van der Waals surface area (Å²) in [6, 6.07) is 14.5. The largest absolute Gasteiger partial charge is 0.456 e. The summed E-state index contributed by atoms with van der Waals surface area (Å²) in [5.74, 6) is -2.30. The highest BCUT2D eigenvalue weighted by molar-refractivity contribution is 5.94. The molecular weight excluding hydrogens is 680 g/mol. The van der Waals surface area contributed by atoms with E-state index in [-0.39, 0.29) is 50.6 Å². The van der Waals surface area contributed by atoms with Gasteiger partial charge in [0.25, 0.3) is 0 Å². The molecule has 6 rings (SSSR count). The van der Waals surface area contributed by atoms with Gasteiger partial charge in [-0.1, -0.05) is 48.6 Å². The molecule has 2 fully saturated rings. The molecule has 15 heteroatoms. The average Bonchev–Trinajstić information content (AvgIpc) is 3.70. The van der Waals surface area contributed by atoms with Crippen LogP contribution in [0.3, 0.4) is 0 Å². The van der Waals surface area contributed by atoms with Gasteiger partial charge in [-0.3, -0.25) is 9.59 Å². The van der Waals surface area contributed by atoms with Gasteiger partial charge in [-0.25, -0.2) is 4.79 Å². The van der Waals surface area contributed by atoms with Gasteiger partial charge in [0.1, 0.15) is 42.7 Å². The van der Waals surface area contributed by atoms with Gasteiger partial charge in [-0.15, -0.1) is 0 Å². The molecule has 0 aromatic heterocycles. The number of rotatable bonds is 13. The molecule has 0 bridgehead atoms. The number of nitrogens with one attached hydrogen (secondary N) is 2. The zero-order valence-electron chi connectivity index (χ0n) is 28.3. The Morgan fingerprint density at radius 3 is 2.33 bits per heavy atom. The van der Waals surface area contributed by atoms with Crippen LogP contribution >= 0.6 is 0 Å². The molecule has 280 valence electrons. The summed E-state index contributed by atoms with van der Waals surface area (Å²) in [7, 11) is 0. The van der Waals surface area contributed by atoms with E-state index in [1.807, 2.05) is 24.3 Å². The minimum Gasteiger partial charge on any atom is -0.456 e. The van der Waals surface area contributed by atoms with Crippen LogP contribution in [0.5, 0.6) is 0 Å². The van der Waals surface area contributed by atoms with E-state index in [4.69, 9.17) is 28.8 Å². The Bertz CT molecular complexity index is 1620. The summed E-state index contributed by atoms with van der Waals surface area (Å²) < 4.78 is 29.8. The molecule has 2 amide bonds. The van der Waals surface area contributed by atoms with Gasteiger partial charge in [0.2, 0.25) is 11.8 Å². The minimum absolute atomic E-state index is 0.0221. The first-order valence-electron chi connectivity index (χ1n) is 17.3. The Morgan fingerprint density at radius 1 is 0.904 bits per heavy atom. The lowest BCUT2D eigenvalue weighted by Crippen LogP contribution is -2.59. The lowest BCUT2D eigenvalue weighted by Gasteiger charge is -2.39. The van der Waals surface area contributed by atoms with Crippen molar-refractivity contribution >= 4 is 23.9 Å². The van der Waals surface area contributed by atoms with E-state index in [1.165, 1.54) is 0 Å². The Morgan fingerprint density at radius 2 is 1.63 bits per heavy atom. The highest BCUT2D eigenvalue weighted by Gasteiger charge is 2.55. The number of aliphatic hydroxyl groups is 5. The number of hydrogen-bond acceptors (Lipinski definition) is 13. The standard InChI is InChI=1S/C37H44N2O13/c40-14-13-38-29(42)11-12-39-34(46)25-16-26(33-27(17-25)51-37(52-33)18-23-5-1-2-6-24(23)19-37)49-35(47)22-9-7-21(8-10-22)4-3-15-48-36-32(45)31(44)30(43)28(20-41)50-36/h1-10,17,26-28,30-33,36,40-41,43-45H,11-16,18-20H2,(H,38,42)(H,39,46). The number of esters is 1. The van der Waals surface area contributed by atoms with Crippen molar-refractivity contribution in [1.29, 1.82) is 0 Å². The molecule has 7 N–H and O–H groups in total. The third kappa shape index (κ3) is 8.60. The van der Waals surface area contributed by atoms with Gasteiger partial charge in [-0.2, -0.15) is 0 Å². The van der Waals surface area contributed by atoms with Crippen molar-refractivity contribution in [3.05, 3.63) is 88.5 Å². The second-order valence-corrected chi connectivity index (χ2v) is 13.2. The molecule has 52 heavy (non-hydrogen) atoms. The highest BCUT2D eigenvalue weighted by atomic mass is 16.8. The molecule has 4 aliphatic rings. The summed E-state index contributed by atoms with van der Waals surface area (Å²) in [4.78, 5) is 38.6. The van der Waals surface area contributed by atoms with E-state index < -0.39 is 73.3 Å². The van der Waals surface area contributed by atoms with Crippen molar-refractivity contribution in [2.45, 2.75) is 80.5 Å². The van der Waals surface area contributed by atoms with Gasteiger partial charge in [-0.05, 0) is 34.9 Å². The zero-order valence-corrected chi connectivity index (χ0v) is 28.3. The van der Waals surface area contributed by atoms with E-state index in [1.54, 1.807) is 42.5 Å². The van der Waals surface area contributed by atoms with E-state index in [0.29, 0.717) is 24.0 Å². The summed E-state index contributed by atoms with van der Waals surface area (Å²) in [5.41, 5.74) is 3.53. The summed E-state index contributed by atoms with van der Waals surface area (Å²) >= 11 is 0. The molecule has 0 saturated carbocycles. The minimum atomic E-state index is -1.54. The lowest BCUT2D eigenvalue weighted by molar-refractivity contribution is -0.298. The molecule has 2 aromatic rings. The van der Waals surface area contributed by atoms with Crippen molar-refractivity contribution in [2.75, 3.05) is 32.9 Å². The summed E-state index contributed by atoms with van der Waals surface area (Å²) in [5, 5.41) is 53.5. The van der Waals surface area contributed by atoms with Crippen LogP contribution in [0.2, 0.25) is 0 Å². The molecule has 1 spiro atoms. The number of amides is 2. The maximum absolute atomic E-state index is 13.4. The smallest absolute Gasteiger partial charge is 0.338 e. The number of carbonyl (C=O) groups is 3. The second-order valence-electron chi connectivity index (χ2n) is 13.2. The van der Waals surface area contributed by atoms with Crippen LogP contribution in [0.4, 0.5) is 0 Å². The van der Waals surface area contributed by atoms with Crippen molar-refractivity contribution in [1.82, 2.24) is 10.6 Å². The predicted molar refractivity (Wildman–Crippen MR) is 181 cm³/mol. The van der Waals surface area contributed by atoms with Gasteiger partial charge in [0, 0.05) is 44.3 Å². The van der Waals surface area contributed by atoms with Crippen LogP contribution in [0.15, 0.2) is 66.3 Å². The normalized spacial score (nSPS) is 29.0. The molecule has 2 heterocycles. The van der Waals surface area contributed by atoms with Crippen molar-refractivity contribution in [2.24, 2.45) is 0 Å². The van der Waals surface area contributed by atoms with Gasteiger partial charge in [0.05, 0.1) is 25.4 Å². The predicted octanol–water partition coefficient (Wildman–Crippen LogP) is -0.734. The first kappa shape index (κ1) is 37.7. The maximum Gasteiger partial charge on any atom is 0.338 e. The van der Waals surface area contributed by atoms with Gasteiger partial charge in [0.15, 0.2) is 12.1 Å². The molecular formula is C37H44N2O13. The second kappa shape index (κ2) is 16.8. The average molecular weight is 725 g/mol. The molecule has 2 aromatic carbocycles. The van der Waals surface area contributed by atoms with Gasteiger partial charge >= 0.3 is 5.97 Å². The number of carbonyl (C=O) groups excluding carboxylic acids is 3. The summed E-state index contributed by atoms with van der Waals surface area (Å²) in [6.45, 7) is -0.569. The van der Waals surface area contributed by atoms with Crippen LogP contribution in [0, 0.1) is 0 Å². The van der Waals surface area contributed by atoms with E-state index in [9.17, 15) is 34.8 Å². The Hall–Kier alpha value is -4.03. The number of hydrogen-bond donors (Lipinski definition) is 7. The topological polar surface area (TPSA) is 223 Å². The van der Waals surface area contributed by atoms with Crippen LogP contribution in [0.1, 0.15) is 39.9 Å². The lowest BCUT2D eigenvalue weighted by atomic mass is 9.91. The molecule has 0 radical (unpaired) electrons. The zero-order chi connectivity index (χ0) is 36.8. The fourth-order valence-corrected chi connectivity index (χ4v) is 6.82. The van der Waals surface area contributed by atoms with Crippen molar-refractivity contribution in [3.63, 3.8) is 0 Å². The van der Waals surface area contributed by atoms with Crippen LogP contribution in [-0.4, -0.2) is 131 Å². The van der Waals surface area contributed by atoms with Gasteiger partial charge < -0.3 is 59.9 Å². The first-order chi connectivity index (χ1) is 25.1.